The quantitative estimate of drug-likeness (QED) is 0.660. The van der Waals surface area contributed by atoms with Crippen molar-refractivity contribution < 1.29 is 28.9 Å². The molecule has 0 saturated heterocycles. The molecule has 0 spiro atoms. The maximum Gasteiger partial charge on any atom is 0.343 e. The molecule has 0 amide bonds. The number of halogens is 2. The molecule has 9 heteroatoms. The van der Waals surface area contributed by atoms with Gasteiger partial charge in [-0.15, -0.1) is 0 Å². The highest BCUT2D eigenvalue weighted by molar-refractivity contribution is 6.31. The summed E-state index contributed by atoms with van der Waals surface area (Å²) in [5.41, 5.74) is -1.99. The zero-order valence-corrected chi connectivity index (χ0v) is 14.3. The molecule has 0 radical (unpaired) electrons. The van der Waals surface area contributed by atoms with Crippen molar-refractivity contribution in [2.75, 3.05) is 6.61 Å². The van der Waals surface area contributed by atoms with E-state index in [0.29, 0.717) is 0 Å². The van der Waals surface area contributed by atoms with Gasteiger partial charge in [0.05, 0.1) is 18.6 Å². The van der Waals surface area contributed by atoms with Crippen molar-refractivity contribution in [2.24, 2.45) is 0 Å². The van der Waals surface area contributed by atoms with Gasteiger partial charge in [0.25, 0.3) is 5.56 Å². The van der Waals surface area contributed by atoms with E-state index in [1.807, 2.05) is 0 Å². The van der Waals surface area contributed by atoms with Crippen LogP contribution in [0.4, 0.5) is 4.39 Å². The fourth-order valence-corrected chi connectivity index (χ4v) is 2.89. The van der Waals surface area contributed by atoms with Crippen LogP contribution in [-0.4, -0.2) is 33.7 Å². The predicted molar refractivity (Wildman–Crippen MR) is 90.2 cm³/mol. The Morgan fingerprint density at radius 1 is 1.35 bits per heavy atom. The van der Waals surface area contributed by atoms with Crippen molar-refractivity contribution in [1.82, 2.24) is 4.98 Å². The van der Waals surface area contributed by atoms with E-state index in [4.69, 9.17) is 16.3 Å². The number of carbonyl (C=O) groups is 2. The molecule has 3 N–H and O–H groups in total. The number of carboxylic acids is 1. The van der Waals surface area contributed by atoms with Crippen molar-refractivity contribution >= 4 is 23.5 Å². The summed E-state index contributed by atoms with van der Waals surface area (Å²) in [5, 5.41) is 19.5. The van der Waals surface area contributed by atoms with Crippen LogP contribution in [-0.2, 0) is 9.53 Å². The molecule has 1 aromatic carbocycles. The number of hydrogen-bond donors (Lipinski definition) is 3. The van der Waals surface area contributed by atoms with Crippen molar-refractivity contribution in [3.63, 3.8) is 0 Å². The largest absolute Gasteiger partial charge is 0.506 e. The lowest BCUT2D eigenvalue weighted by Crippen LogP contribution is -2.22. The molecule has 2 aromatic rings. The van der Waals surface area contributed by atoms with Crippen molar-refractivity contribution in [1.29, 1.82) is 0 Å². The summed E-state index contributed by atoms with van der Waals surface area (Å²) in [6.45, 7) is 1.57. The van der Waals surface area contributed by atoms with E-state index in [-0.39, 0.29) is 22.8 Å². The van der Waals surface area contributed by atoms with E-state index in [1.165, 1.54) is 12.1 Å². The summed E-state index contributed by atoms with van der Waals surface area (Å²) in [7, 11) is 0. The number of aromatic nitrogens is 1. The number of carbonyl (C=O) groups excluding carboxylic acids is 1. The van der Waals surface area contributed by atoms with Crippen LogP contribution < -0.4 is 5.56 Å². The van der Waals surface area contributed by atoms with Crippen LogP contribution in [0.2, 0.25) is 5.02 Å². The second kappa shape index (κ2) is 8.01. The highest BCUT2D eigenvalue weighted by Gasteiger charge is 2.31. The van der Waals surface area contributed by atoms with Crippen LogP contribution in [0, 0.1) is 5.82 Å². The SMILES string of the molecule is CCOC(=O)c1c[nH]c(=O)c(C(CC(=O)O)c2c(F)cccc2Cl)c1O. The Labute approximate surface area is 152 Å². The number of aliphatic carboxylic acids is 1. The lowest BCUT2D eigenvalue weighted by molar-refractivity contribution is -0.137. The van der Waals surface area contributed by atoms with E-state index in [2.05, 4.69) is 4.98 Å². The van der Waals surface area contributed by atoms with Gasteiger partial charge in [-0.2, -0.15) is 0 Å². The average Bonchev–Trinajstić information content (AvgIpc) is 2.54. The third-order valence-electron chi connectivity index (χ3n) is 3.67. The lowest BCUT2D eigenvalue weighted by Gasteiger charge is -2.19. The standard InChI is InChI=1S/C17H15ClFNO6/c1-2-26-17(25)9-7-20-16(24)14(15(9)23)8(6-12(21)22)13-10(18)4-3-5-11(13)19/h3-5,7-8H,2,6H2,1H3,(H,21,22)(H2,20,23,24). The maximum atomic E-state index is 14.3. The lowest BCUT2D eigenvalue weighted by atomic mass is 9.87. The number of aromatic hydroxyl groups is 1. The third kappa shape index (κ3) is 3.85. The molecule has 26 heavy (non-hydrogen) atoms. The minimum absolute atomic E-state index is 0.0183. The third-order valence-corrected chi connectivity index (χ3v) is 4.00. The van der Waals surface area contributed by atoms with E-state index in [9.17, 15) is 29.0 Å². The number of carboxylic acid groups (broad SMARTS) is 1. The Kier molecular flexibility index (Phi) is 5.99. The Balaban J connectivity index is 2.74. The number of esters is 1. The first kappa shape index (κ1) is 19.5. The fourth-order valence-electron chi connectivity index (χ4n) is 2.59. The fraction of sp³-hybridized carbons (Fsp3) is 0.235. The monoisotopic (exact) mass is 383 g/mol. The van der Waals surface area contributed by atoms with Crippen LogP contribution in [0.1, 0.15) is 40.7 Å². The molecule has 0 aliphatic heterocycles. The first-order valence-corrected chi connectivity index (χ1v) is 7.93. The number of ether oxygens (including phenoxy) is 1. The molecule has 0 aliphatic rings. The molecule has 1 unspecified atom stereocenters. The molecule has 138 valence electrons. The molecule has 1 heterocycles. The van der Waals surface area contributed by atoms with Crippen molar-refractivity contribution in [2.45, 2.75) is 19.3 Å². The van der Waals surface area contributed by atoms with Crippen molar-refractivity contribution in [3.8, 4) is 5.75 Å². The van der Waals surface area contributed by atoms with Crippen molar-refractivity contribution in [3.05, 3.63) is 62.3 Å². The number of rotatable bonds is 6. The number of H-pyrrole nitrogens is 1. The molecular weight excluding hydrogens is 369 g/mol. The first-order valence-electron chi connectivity index (χ1n) is 7.55. The second-order valence-electron chi connectivity index (χ2n) is 5.30. The normalized spacial score (nSPS) is 11.8. The van der Waals surface area contributed by atoms with Crippen LogP contribution in [0.25, 0.3) is 0 Å². The minimum Gasteiger partial charge on any atom is -0.506 e. The summed E-state index contributed by atoms with van der Waals surface area (Å²) in [6.07, 6.45) is 0.212. The Bertz CT molecular complexity index is 890. The van der Waals surface area contributed by atoms with E-state index >= 15 is 0 Å². The van der Waals surface area contributed by atoms with Gasteiger partial charge in [-0.1, -0.05) is 17.7 Å². The van der Waals surface area contributed by atoms with Gasteiger partial charge in [0.2, 0.25) is 0 Å². The molecule has 0 fully saturated rings. The van der Waals surface area contributed by atoms with Crippen LogP contribution in [0.15, 0.2) is 29.2 Å². The summed E-state index contributed by atoms with van der Waals surface area (Å²) in [4.78, 5) is 37.7. The molecule has 0 bridgehead atoms. The number of benzene rings is 1. The van der Waals surface area contributed by atoms with Gasteiger partial charge in [-0.3, -0.25) is 9.59 Å². The zero-order valence-electron chi connectivity index (χ0n) is 13.6. The highest BCUT2D eigenvalue weighted by Crippen LogP contribution is 2.38. The molecule has 0 saturated carbocycles. The average molecular weight is 384 g/mol. The molecule has 0 aliphatic carbocycles. The Morgan fingerprint density at radius 2 is 2.04 bits per heavy atom. The van der Waals surface area contributed by atoms with Gasteiger partial charge < -0.3 is 19.9 Å². The number of aromatic amines is 1. The predicted octanol–water partition coefficient (Wildman–Crippen LogP) is 2.66. The van der Waals surface area contributed by atoms with E-state index in [0.717, 1.165) is 12.3 Å². The molecule has 1 atom stereocenters. The van der Waals surface area contributed by atoms with Gasteiger partial charge >= 0.3 is 11.9 Å². The smallest absolute Gasteiger partial charge is 0.343 e. The molecule has 7 nitrogen and oxygen atoms in total. The van der Waals surface area contributed by atoms with Gasteiger partial charge in [0, 0.05) is 22.7 Å². The summed E-state index contributed by atoms with van der Waals surface area (Å²) in [6, 6.07) is 3.70. The van der Waals surface area contributed by atoms with Gasteiger partial charge in [-0.05, 0) is 19.1 Å². The van der Waals surface area contributed by atoms with Crippen LogP contribution in [0.3, 0.4) is 0 Å². The van der Waals surface area contributed by atoms with Crippen LogP contribution in [0.5, 0.6) is 5.75 Å². The summed E-state index contributed by atoms with van der Waals surface area (Å²) < 4.78 is 19.1. The summed E-state index contributed by atoms with van der Waals surface area (Å²) >= 11 is 6.00. The molecule has 2 rings (SSSR count). The van der Waals surface area contributed by atoms with Gasteiger partial charge in [0.15, 0.2) is 0 Å². The molecular formula is C17H15ClFNO6. The Hall–Kier alpha value is -2.87. The number of pyridine rings is 1. The van der Waals surface area contributed by atoms with Crippen LogP contribution >= 0.6 is 11.6 Å². The maximum absolute atomic E-state index is 14.3. The minimum atomic E-state index is -1.42. The van der Waals surface area contributed by atoms with E-state index in [1.54, 1.807) is 6.92 Å². The van der Waals surface area contributed by atoms with Gasteiger partial charge in [-0.25, -0.2) is 9.18 Å². The van der Waals surface area contributed by atoms with E-state index < -0.39 is 47.0 Å². The summed E-state index contributed by atoms with van der Waals surface area (Å²) in [5.74, 6) is -5.31. The number of hydrogen-bond acceptors (Lipinski definition) is 5. The number of nitrogens with one attached hydrogen (secondary N) is 1. The van der Waals surface area contributed by atoms with Gasteiger partial charge in [0.1, 0.15) is 17.1 Å². The first-order chi connectivity index (χ1) is 12.3. The second-order valence-corrected chi connectivity index (χ2v) is 5.71. The zero-order chi connectivity index (χ0) is 19.4. The molecule has 1 aromatic heterocycles. The Morgan fingerprint density at radius 3 is 2.62 bits per heavy atom. The topological polar surface area (TPSA) is 117 Å². The highest BCUT2D eigenvalue weighted by atomic mass is 35.5.